The summed E-state index contributed by atoms with van der Waals surface area (Å²) in [5, 5.41) is 14.0. The smallest absolute Gasteiger partial charge is 0.242 e. The second kappa shape index (κ2) is 9.49. The summed E-state index contributed by atoms with van der Waals surface area (Å²) in [5.74, 6) is 2.36. The molecule has 3 rings (SSSR count). The average molecular weight is 384 g/mol. The number of imidazole rings is 1. The first-order valence-electron chi connectivity index (χ1n) is 10.0. The SMILES string of the molecule is C#CCCC1(CCNC(=O)[C@H](Cc2cnc[nH]2)NC(=O)C2CCCCC2)N=N1. The van der Waals surface area contributed by atoms with Crippen molar-refractivity contribution in [1.82, 2.24) is 20.6 Å². The van der Waals surface area contributed by atoms with Gasteiger partial charge in [0.2, 0.25) is 11.8 Å². The van der Waals surface area contributed by atoms with E-state index >= 15 is 0 Å². The molecule has 1 aromatic rings. The molecule has 0 unspecified atom stereocenters. The number of nitrogens with zero attached hydrogens (tertiary/aromatic N) is 3. The zero-order valence-electron chi connectivity index (χ0n) is 16.1. The van der Waals surface area contributed by atoms with Crippen LogP contribution in [-0.2, 0) is 16.0 Å². The van der Waals surface area contributed by atoms with Gasteiger partial charge in [0, 0.05) is 50.0 Å². The van der Waals surface area contributed by atoms with Crippen LogP contribution in [0.25, 0.3) is 0 Å². The van der Waals surface area contributed by atoms with Crippen LogP contribution in [-0.4, -0.2) is 40.0 Å². The number of nitrogens with one attached hydrogen (secondary N) is 3. The largest absolute Gasteiger partial charge is 0.354 e. The van der Waals surface area contributed by atoms with Crippen LogP contribution >= 0.6 is 0 Å². The average Bonchev–Trinajstić information content (AvgIpc) is 3.29. The van der Waals surface area contributed by atoms with Gasteiger partial charge in [0.15, 0.2) is 5.66 Å². The second-order valence-electron chi connectivity index (χ2n) is 7.60. The molecule has 1 aromatic heterocycles. The Morgan fingerprint density at radius 1 is 1.29 bits per heavy atom. The topological polar surface area (TPSA) is 112 Å². The molecular weight excluding hydrogens is 356 g/mol. The highest BCUT2D eigenvalue weighted by Gasteiger charge is 2.39. The van der Waals surface area contributed by atoms with Crippen LogP contribution in [0.3, 0.4) is 0 Å². The second-order valence-corrected chi connectivity index (χ2v) is 7.60. The van der Waals surface area contributed by atoms with E-state index < -0.39 is 11.7 Å². The first-order valence-corrected chi connectivity index (χ1v) is 10.0. The minimum absolute atomic E-state index is 0.00177. The Kier molecular flexibility index (Phi) is 6.80. The van der Waals surface area contributed by atoms with E-state index in [0.717, 1.165) is 31.4 Å². The molecule has 28 heavy (non-hydrogen) atoms. The number of carbonyl (C=O) groups is 2. The lowest BCUT2D eigenvalue weighted by Gasteiger charge is -2.24. The van der Waals surface area contributed by atoms with Crippen LogP contribution < -0.4 is 10.6 Å². The van der Waals surface area contributed by atoms with Crippen molar-refractivity contribution >= 4 is 11.8 Å². The van der Waals surface area contributed by atoms with Gasteiger partial charge in [-0.2, -0.15) is 10.2 Å². The number of terminal acetylenes is 1. The summed E-state index contributed by atoms with van der Waals surface area (Å²) in [6, 6.07) is -0.635. The summed E-state index contributed by atoms with van der Waals surface area (Å²) in [6.45, 7) is 0.440. The van der Waals surface area contributed by atoms with Gasteiger partial charge in [0.25, 0.3) is 0 Å². The Labute approximate surface area is 165 Å². The zero-order chi connectivity index (χ0) is 19.8. The summed E-state index contributed by atoms with van der Waals surface area (Å²) < 4.78 is 0. The third kappa shape index (κ3) is 5.65. The quantitative estimate of drug-likeness (QED) is 0.537. The molecule has 1 atom stereocenters. The summed E-state index contributed by atoms with van der Waals surface area (Å²) in [4.78, 5) is 32.4. The molecule has 0 spiro atoms. The van der Waals surface area contributed by atoms with Gasteiger partial charge in [0.1, 0.15) is 6.04 Å². The van der Waals surface area contributed by atoms with Crippen molar-refractivity contribution in [2.75, 3.05) is 6.54 Å². The molecule has 0 saturated heterocycles. The molecule has 2 aliphatic rings. The monoisotopic (exact) mass is 384 g/mol. The Morgan fingerprint density at radius 2 is 2.07 bits per heavy atom. The zero-order valence-corrected chi connectivity index (χ0v) is 16.1. The summed E-state index contributed by atoms with van der Waals surface area (Å²) in [6.07, 6.45) is 16.0. The van der Waals surface area contributed by atoms with Crippen LogP contribution in [0.1, 0.15) is 57.1 Å². The van der Waals surface area contributed by atoms with E-state index in [-0.39, 0.29) is 17.7 Å². The van der Waals surface area contributed by atoms with Crippen LogP contribution in [0.15, 0.2) is 22.8 Å². The lowest BCUT2D eigenvalue weighted by Crippen LogP contribution is -2.50. The van der Waals surface area contributed by atoms with E-state index in [0.29, 0.717) is 32.2 Å². The fourth-order valence-corrected chi connectivity index (χ4v) is 3.66. The Morgan fingerprint density at radius 3 is 2.71 bits per heavy atom. The molecule has 0 radical (unpaired) electrons. The number of hydrogen-bond acceptors (Lipinski definition) is 5. The van der Waals surface area contributed by atoms with Crippen LogP contribution in [0.5, 0.6) is 0 Å². The van der Waals surface area contributed by atoms with Crippen LogP contribution in [0, 0.1) is 18.3 Å². The van der Waals surface area contributed by atoms with Crippen molar-refractivity contribution in [2.24, 2.45) is 16.1 Å². The van der Waals surface area contributed by atoms with E-state index in [2.05, 4.69) is 36.8 Å². The predicted octanol–water partition coefficient (Wildman–Crippen LogP) is 2.10. The highest BCUT2D eigenvalue weighted by atomic mass is 16.2. The first-order chi connectivity index (χ1) is 13.6. The molecule has 1 aliphatic carbocycles. The molecule has 2 amide bonds. The number of hydrogen-bond donors (Lipinski definition) is 3. The number of H-pyrrole nitrogens is 1. The summed E-state index contributed by atoms with van der Waals surface area (Å²) in [5.41, 5.74) is 0.380. The van der Waals surface area contributed by atoms with E-state index in [1.165, 1.54) is 6.42 Å². The highest BCUT2D eigenvalue weighted by molar-refractivity contribution is 5.88. The maximum absolute atomic E-state index is 12.8. The van der Waals surface area contributed by atoms with Gasteiger partial charge in [0.05, 0.1) is 6.33 Å². The summed E-state index contributed by atoms with van der Waals surface area (Å²) in [7, 11) is 0. The molecule has 1 fully saturated rings. The number of carbonyl (C=O) groups excluding carboxylic acids is 2. The first kappa shape index (κ1) is 20.1. The molecule has 3 N–H and O–H groups in total. The number of aromatic nitrogens is 2. The standard InChI is InChI=1S/C20H28N6O2/c1-2-3-9-20(25-26-20)10-11-22-19(28)17(12-16-13-21-14-23-16)24-18(27)15-7-5-4-6-8-15/h1,13-15,17H,3-12H2,(H,21,23)(H,22,28)(H,24,27)/t17-/m0/s1. The predicted molar refractivity (Wildman–Crippen MR) is 104 cm³/mol. The molecule has 8 heteroatoms. The number of aromatic amines is 1. The highest BCUT2D eigenvalue weighted by Crippen LogP contribution is 2.36. The molecule has 0 aromatic carbocycles. The van der Waals surface area contributed by atoms with Crippen LogP contribution in [0.4, 0.5) is 0 Å². The van der Waals surface area contributed by atoms with Crippen molar-refractivity contribution in [3.63, 3.8) is 0 Å². The van der Waals surface area contributed by atoms with E-state index in [1.807, 2.05) is 0 Å². The normalized spacial score (nSPS) is 18.8. The maximum atomic E-state index is 12.8. The Hall–Kier alpha value is -2.69. The van der Waals surface area contributed by atoms with Crippen molar-refractivity contribution in [2.45, 2.75) is 69.5 Å². The molecule has 150 valence electrons. The Balaban J connectivity index is 1.52. The van der Waals surface area contributed by atoms with Gasteiger partial charge in [-0.1, -0.05) is 19.3 Å². The van der Waals surface area contributed by atoms with Gasteiger partial charge < -0.3 is 15.6 Å². The van der Waals surface area contributed by atoms with Crippen LogP contribution in [0.2, 0.25) is 0 Å². The third-order valence-corrected chi connectivity index (χ3v) is 5.47. The van der Waals surface area contributed by atoms with E-state index in [1.54, 1.807) is 12.5 Å². The van der Waals surface area contributed by atoms with Gasteiger partial charge in [-0.05, 0) is 12.8 Å². The van der Waals surface area contributed by atoms with Gasteiger partial charge in [-0.3, -0.25) is 9.59 Å². The molecular formula is C20H28N6O2. The van der Waals surface area contributed by atoms with Crippen molar-refractivity contribution in [1.29, 1.82) is 0 Å². The lowest BCUT2D eigenvalue weighted by atomic mass is 9.88. The maximum Gasteiger partial charge on any atom is 0.242 e. The Bertz CT molecular complexity index is 724. The number of amides is 2. The lowest BCUT2D eigenvalue weighted by molar-refractivity contribution is -0.131. The van der Waals surface area contributed by atoms with Crippen molar-refractivity contribution in [3.8, 4) is 12.3 Å². The molecule has 1 aliphatic heterocycles. The summed E-state index contributed by atoms with van der Waals surface area (Å²) >= 11 is 0. The fraction of sp³-hybridized carbons (Fsp3) is 0.650. The molecule has 2 heterocycles. The van der Waals surface area contributed by atoms with Gasteiger partial charge >= 0.3 is 0 Å². The van der Waals surface area contributed by atoms with Crippen molar-refractivity contribution in [3.05, 3.63) is 18.2 Å². The van der Waals surface area contributed by atoms with Gasteiger partial charge in [-0.15, -0.1) is 12.3 Å². The molecule has 0 bridgehead atoms. The fourth-order valence-electron chi connectivity index (χ4n) is 3.66. The minimum atomic E-state index is -0.635. The molecule has 8 nitrogen and oxygen atoms in total. The third-order valence-electron chi connectivity index (χ3n) is 5.47. The van der Waals surface area contributed by atoms with E-state index in [4.69, 9.17) is 6.42 Å². The molecule has 1 saturated carbocycles. The number of rotatable bonds is 10. The van der Waals surface area contributed by atoms with Crippen molar-refractivity contribution < 1.29 is 9.59 Å². The van der Waals surface area contributed by atoms with Gasteiger partial charge in [-0.25, -0.2) is 4.98 Å². The minimum Gasteiger partial charge on any atom is -0.354 e. The van der Waals surface area contributed by atoms with E-state index in [9.17, 15) is 9.59 Å².